The highest BCUT2D eigenvalue weighted by molar-refractivity contribution is 7.91. The van der Waals surface area contributed by atoms with Crippen LogP contribution >= 0.6 is 0 Å². The van der Waals surface area contributed by atoms with Crippen LogP contribution in [0.5, 0.6) is 0 Å². The Morgan fingerprint density at radius 2 is 1.88 bits per heavy atom. The van der Waals surface area contributed by atoms with E-state index in [0.29, 0.717) is 0 Å². The molecule has 1 fully saturated rings. The number of hydrogen-bond acceptors (Lipinski definition) is 4. The maximum Gasteiger partial charge on any atom is 0.302 e. The first kappa shape index (κ1) is 12.7. The summed E-state index contributed by atoms with van der Waals surface area (Å²) in [6.07, 6.45) is -0.756. The second kappa shape index (κ2) is 4.85. The Bertz CT molecular complexity index is 511. The zero-order valence-corrected chi connectivity index (χ0v) is 10.5. The fourth-order valence-electron chi connectivity index (χ4n) is 2.03. The molecule has 0 bridgehead atoms. The first-order chi connectivity index (χ1) is 7.98. The molecule has 1 N–H and O–H groups in total. The van der Waals surface area contributed by atoms with Gasteiger partial charge in [-0.05, 0) is 5.56 Å². The van der Waals surface area contributed by atoms with Crippen molar-refractivity contribution < 1.29 is 21.4 Å². The van der Waals surface area contributed by atoms with Crippen molar-refractivity contribution in [2.45, 2.75) is 12.0 Å². The lowest BCUT2D eigenvalue weighted by molar-refractivity contribution is 0.210. The van der Waals surface area contributed by atoms with Crippen LogP contribution in [0.3, 0.4) is 0 Å². The Hall–Kier alpha value is -0.760. The molecule has 17 heavy (non-hydrogen) atoms. The van der Waals surface area contributed by atoms with Gasteiger partial charge in [0.1, 0.15) is 0 Å². The Labute approximate surface area is 102 Å². The summed E-state index contributed by atoms with van der Waals surface area (Å²) >= 11 is -2.45. The molecule has 1 aliphatic heterocycles. The highest BCUT2D eigenvalue weighted by Gasteiger charge is 2.40. The molecule has 0 saturated carbocycles. The van der Waals surface area contributed by atoms with Gasteiger partial charge in [0.15, 0.2) is 9.84 Å². The predicted octanol–water partition coefficient (Wildman–Crippen LogP) is 0.720. The molecule has 1 saturated heterocycles. The standard InChI is InChI=1S/C10H12O5S2/c11-16(12)15-10-7-17(13,14)6-9(10)8-4-2-1-3-5-8/h1-5,9-10H,6-7H2,(H,11,12)/t9-,10-/m0/s1. The second-order valence-corrected chi connectivity index (χ2v) is 6.73. The molecule has 2 rings (SSSR count). The van der Waals surface area contributed by atoms with E-state index in [1.807, 2.05) is 6.07 Å². The molecule has 7 heteroatoms. The smallest absolute Gasteiger partial charge is 0.284 e. The molecule has 1 heterocycles. The van der Waals surface area contributed by atoms with Crippen LogP contribution in [0.2, 0.25) is 0 Å². The fraction of sp³-hybridized carbons (Fsp3) is 0.400. The number of sulfone groups is 1. The lowest BCUT2D eigenvalue weighted by atomic mass is 9.97. The molecule has 0 aromatic heterocycles. The molecule has 5 nitrogen and oxygen atoms in total. The lowest BCUT2D eigenvalue weighted by Gasteiger charge is -2.16. The van der Waals surface area contributed by atoms with Crippen molar-refractivity contribution in [3.8, 4) is 0 Å². The molecule has 3 atom stereocenters. The van der Waals surface area contributed by atoms with Gasteiger partial charge in [-0.3, -0.25) is 8.74 Å². The van der Waals surface area contributed by atoms with Crippen molar-refractivity contribution in [1.82, 2.24) is 0 Å². The maximum atomic E-state index is 11.5. The van der Waals surface area contributed by atoms with Crippen LogP contribution < -0.4 is 0 Å². The summed E-state index contributed by atoms with van der Waals surface area (Å²) in [7, 11) is -3.21. The normalized spacial score (nSPS) is 29.0. The molecule has 1 aliphatic rings. The second-order valence-electron chi connectivity index (χ2n) is 3.95. The van der Waals surface area contributed by atoms with E-state index in [1.165, 1.54) is 0 Å². The van der Waals surface area contributed by atoms with Crippen LogP contribution in [0, 0.1) is 0 Å². The van der Waals surface area contributed by atoms with Crippen molar-refractivity contribution in [3.63, 3.8) is 0 Å². The zero-order chi connectivity index (χ0) is 12.5. The Morgan fingerprint density at radius 3 is 2.47 bits per heavy atom. The van der Waals surface area contributed by atoms with Crippen LogP contribution in [-0.4, -0.2) is 34.8 Å². The summed E-state index contributed by atoms with van der Waals surface area (Å²) in [6, 6.07) is 9.01. The van der Waals surface area contributed by atoms with Crippen molar-refractivity contribution in [2.24, 2.45) is 0 Å². The van der Waals surface area contributed by atoms with Gasteiger partial charge in [0.25, 0.3) is 0 Å². The van der Waals surface area contributed by atoms with Crippen molar-refractivity contribution in [3.05, 3.63) is 35.9 Å². The SMILES string of the molecule is O=S(O)O[C@H]1CS(=O)(=O)C[C@H]1c1ccccc1. The predicted molar refractivity (Wildman–Crippen MR) is 63.5 cm³/mol. The molecule has 0 amide bonds. The third-order valence-corrected chi connectivity index (χ3v) is 4.85. The van der Waals surface area contributed by atoms with E-state index in [4.69, 9.17) is 8.74 Å². The molecular weight excluding hydrogens is 264 g/mol. The van der Waals surface area contributed by atoms with Gasteiger partial charge in [-0.15, -0.1) is 0 Å². The molecular formula is C10H12O5S2. The van der Waals surface area contributed by atoms with Gasteiger partial charge in [0, 0.05) is 5.92 Å². The van der Waals surface area contributed by atoms with Crippen LogP contribution in [0.25, 0.3) is 0 Å². The van der Waals surface area contributed by atoms with Crippen LogP contribution in [0.1, 0.15) is 11.5 Å². The van der Waals surface area contributed by atoms with Gasteiger partial charge in [-0.1, -0.05) is 30.3 Å². The van der Waals surface area contributed by atoms with Gasteiger partial charge in [0.2, 0.25) is 0 Å². The first-order valence-electron chi connectivity index (χ1n) is 5.01. The maximum absolute atomic E-state index is 11.5. The van der Waals surface area contributed by atoms with E-state index in [9.17, 15) is 12.6 Å². The van der Waals surface area contributed by atoms with E-state index in [-0.39, 0.29) is 17.4 Å². The van der Waals surface area contributed by atoms with Crippen molar-refractivity contribution in [1.29, 1.82) is 0 Å². The number of benzene rings is 1. The highest BCUT2D eigenvalue weighted by atomic mass is 32.2. The third-order valence-electron chi connectivity index (χ3n) is 2.73. The van der Waals surface area contributed by atoms with E-state index < -0.39 is 27.3 Å². The Balaban J connectivity index is 2.28. The zero-order valence-electron chi connectivity index (χ0n) is 8.85. The van der Waals surface area contributed by atoms with E-state index in [0.717, 1.165) is 5.56 Å². The Kier molecular flexibility index (Phi) is 3.62. The van der Waals surface area contributed by atoms with Gasteiger partial charge in [-0.2, -0.15) is 4.21 Å². The molecule has 1 unspecified atom stereocenters. The Morgan fingerprint density at radius 1 is 1.24 bits per heavy atom. The van der Waals surface area contributed by atoms with Crippen LogP contribution in [0.4, 0.5) is 0 Å². The van der Waals surface area contributed by atoms with Crippen molar-refractivity contribution >= 4 is 21.2 Å². The lowest BCUT2D eigenvalue weighted by Crippen LogP contribution is -2.21. The average molecular weight is 276 g/mol. The van der Waals surface area contributed by atoms with E-state index in [1.54, 1.807) is 24.3 Å². The minimum absolute atomic E-state index is 0.0428. The number of hydrogen-bond donors (Lipinski definition) is 1. The third kappa shape index (κ3) is 3.12. The molecule has 0 aliphatic carbocycles. The van der Waals surface area contributed by atoms with Gasteiger partial charge in [-0.25, -0.2) is 8.42 Å². The fourth-order valence-corrected chi connectivity index (χ4v) is 4.42. The van der Waals surface area contributed by atoms with E-state index >= 15 is 0 Å². The molecule has 94 valence electrons. The van der Waals surface area contributed by atoms with E-state index in [2.05, 4.69) is 0 Å². The van der Waals surface area contributed by atoms with Crippen molar-refractivity contribution in [2.75, 3.05) is 11.5 Å². The molecule has 1 aromatic carbocycles. The molecule has 0 radical (unpaired) electrons. The average Bonchev–Trinajstić information content (AvgIpc) is 2.54. The minimum Gasteiger partial charge on any atom is -0.284 e. The quantitative estimate of drug-likeness (QED) is 0.823. The monoisotopic (exact) mass is 276 g/mol. The van der Waals surface area contributed by atoms with Gasteiger partial charge >= 0.3 is 11.4 Å². The number of rotatable bonds is 3. The minimum atomic E-state index is -3.21. The highest BCUT2D eigenvalue weighted by Crippen LogP contribution is 2.31. The molecule has 1 aromatic rings. The topological polar surface area (TPSA) is 80.7 Å². The van der Waals surface area contributed by atoms with Crippen LogP contribution in [-0.2, 0) is 25.4 Å². The summed E-state index contributed by atoms with van der Waals surface area (Å²) in [4.78, 5) is 0. The summed E-state index contributed by atoms with van der Waals surface area (Å²) in [6.45, 7) is 0. The van der Waals surface area contributed by atoms with Gasteiger partial charge < -0.3 is 0 Å². The molecule has 0 spiro atoms. The van der Waals surface area contributed by atoms with Crippen LogP contribution in [0.15, 0.2) is 30.3 Å². The summed E-state index contributed by atoms with van der Waals surface area (Å²) in [5.74, 6) is -0.630. The van der Waals surface area contributed by atoms with Gasteiger partial charge in [0.05, 0.1) is 17.6 Å². The summed E-state index contributed by atoms with van der Waals surface area (Å²) in [5, 5.41) is 0. The summed E-state index contributed by atoms with van der Waals surface area (Å²) < 4.78 is 47.2. The largest absolute Gasteiger partial charge is 0.302 e. The first-order valence-corrected chi connectivity index (χ1v) is 7.86. The summed E-state index contributed by atoms with van der Waals surface area (Å²) in [5.41, 5.74) is 0.809.